The van der Waals surface area contributed by atoms with Crippen LogP contribution in [0.5, 0.6) is 5.75 Å². The van der Waals surface area contributed by atoms with E-state index in [0.717, 1.165) is 27.0 Å². The number of fused-ring (bicyclic) bond motifs is 1. The Balaban J connectivity index is 1.66. The maximum absolute atomic E-state index is 12.5. The van der Waals surface area contributed by atoms with Gasteiger partial charge in [0.2, 0.25) is 11.8 Å². The molecule has 168 valence electrons. The minimum atomic E-state index is -3.61. The molecular weight excluding hydrogens is 458 g/mol. The highest BCUT2D eigenvalue weighted by Crippen LogP contribution is 2.43. The number of anilines is 1. The molecule has 0 fully saturated rings. The summed E-state index contributed by atoms with van der Waals surface area (Å²) in [7, 11) is -0.693. The van der Waals surface area contributed by atoms with E-state index in [1.807, 2.05) is 38.1 Å². The third kappa shape index (κ3) is 5.59. The van der Waals surface area contributed by atoms with Gasteiger partial charge >= 0.3 is 0 Å². The number of thiophene rings is 1. The molecule has 0 radical (unpaired) electrons. The van der Waals surface area contributed by atoms with Gasteiger partial charge < -0.3 is 15.0 Å². The molecule has 0 aliphatic carbocycles. The van der Waals surface area contributed by atoms with Gasteiger partial charge in [-0.25, -0.2) is 12.7 Å². The van der Waals surface area contributed by atoms with Crippen molar-refractivity contribution in [3.8, 4) is 5.75 Å². The number of carbonyl (C=O) groups is 2. The van der Waals surface area contributed by atoms with Crippen LogP contribution in [-0.4, -0.2) is 57.0 Å². The number of thioether (sulfide) groups is 1. The van der Waals surface area contributed by atoms with Gasteiger partial charge in [0, 0.05) is 20.6 Å². The van der Waals surface area contributed by atoms with Crippen molar-refractivity contribution in [2.45, 2.75) is 34.9 Å². The molecule has 31 heavy (non-hydrogen) atoms. The van der Waals surface area contributed by atoms with E-state index in [-0.39, 0.29) is 34.4 Å². The predicted octanol–water partition coefficient (Wildman–Crippen LogP) is 2.54. The van der Waals surface area contributed by atoms with Crippen LogP contribution in [0, 0.1) is 0 Å². The Morgan fingerprint density at radius 1 is 1.26 bits per heavy atom. The first-order valence-corrected chi connectivity index (χ1v) is 12.8. The molecule has 1 N–H and O–H groups in total. The minimum Gasteiger partial charge on any atom is -0.491 e. The quantitative estimate of drug-likeness (QED) is 0.620. The minimum absolute atomic E-state index is 0.0843. The summed E-state index contributed by atoms with van der Waals surface area (Å²) in [6.45, 7) is 4.05. The Hall–Kier alpha value is -2.08. The number of nitrogens with one attached hydrogen (secondary N) is 1. The van der Waals surface area contributed by atoms with Gasteiger partial charge in [0.25, 0.3) is 10.0 Å². The van der Waals surface area contributed by atoms with Crippen molar-refractivity contribution in [1.29, 1.82) is 0 Å². The highest BCUT2D eigenvalue weighted by Gasteiger charge is 2.32. The van der Waals surface area contributed by atoms with Gasteiger partial charge in [-0.2, -0.15) is 0 Å². The molecule has 0 saturated carbocycles. The second-order valence-electron chi connectivity index (χ2n) is 7.38. The van der Waals surface area contributed by atoms with Gasteiger partial charge in [-0.3, -0.25) is 9.59 Å². The van der Waals surface area contributed by atoms with Crippen LogP contribution in [0.3, 0.4) is 0 Å². The predicted molar refractivity (Wildman–Crippen MR) is 122 cm³/mol. The van der Waals surface area contributed by atoms with Crippen LogP contribution in [0.25, 0.3) is 0 Å². The van der Waals surface area contributed by atoms with Crippen molar-refractivity contribution in [3.05, 3.63) is 35.9 Å². The second kappa shape index (κ2) is 9.60. The van der Waals surface area contributed by atoms with Crippen LogP contribution < -0.4 is 15.0 Å². The summed E-state index contributed by atoms with van der Waals surface area (Å²) in [5.74, 6) is 0.376. The lowest BCUT2D eigenvalue weighted by molar-refractivity contribution is -0.123. The molecule has 1 aromatic carbocycles. The first-order chi connectivity index (χ1) is 14.6. The standard InChI is InChI=1S/C20H25N3O5S3/c1-13(2)28-15-7-5-14(6-8-15)10-21-17(24)11-23-16-9-19(31(26,27)22(3)4)30-20(16)29-12-18(23)25/h5-9,13H,10-12H2,1-4H3,(H,21,24). The fraction of sp³-hybridized carbons (Fsp3) is 0.400. The number of sulfonamides is 1. The smallest absolute Gasteiger partial charge is 0.252 e. The van der Waals surface area contributed by atoms with Crippen LogP contribution in [0.15, 0.2) is 38.8 Å². The van der Waals surface area contributed by atoms with Crippen LogP contribution in [0.4, 0.5) is 5.69 Å². The highest BCUT2D eigenvalue weighted by atomic mass is 32.3. The molecule has 8 nitrogen and oxygen atoms in total. The SMILES string of the molecule is CC(C)Oc1ccc(CNC(=O)CN2C(=O)CSc3sc(S(=O)(=O)N(C)C)cc32)cc1. The molecule has 0 atom stereocenters. The highest BCUT2D eigenvalue weighted by molar-refractivity contribution is 8.02. The summed E-state index contributed by atoms with van der Waals surface area (Å²) in [5, 5.41) is 2.81. The van der Waals surface area contributed by atoms with E-state index in [2.05, 4.69) is 5.32 Å². The number of hydrogen-bond donors (Lipinski definition) is 1. The number of benzene rings is 1. The average molecular weight is 484 g/mol. The lowest BCUT2D eigenvalue weighted by atomic mass is 10.2. The summed E-state index contributed by atoms with van der Waals surface area (Å²) < 4.78 is 32.5. The van der Waals surface area contributed by atoms with E-state index in [9.17, 15) is 18.0 Å². The zero-order valence-electron chi connectivity index (χ0n) is 17.7. The Labute approximate surface area is 190 Å². The average Bonchev–Trinajstić information content (AvgIpc) is 3.14. The van der Waals surface area contributed by atoms with E-state index >= 15 is 0 Å². The summed E-state index contributed by atoms with van der Waals surface area (Å²) in [5.41, 5.74) is 1.37. The lowest BCUT2D eigenvalue weighted by Crippen LogP contribution is -2.42. The van der Waals surface area contributed by atoms with Crippen molar-refractivity contribution < 1.29 is 22.7 Å². The molecule has 1 aromatic heterocycles. The Morgan fingerprint density at radius 2 is 1.94 bits per heavy atom. The van der Waals surface area contributed by atoms with Crippen molar-refractivity contribution in [1.82, 2.24) is 9.62 Å². The van der Waals surface area contributed by atoms with Crippen LogP contribution in [-0.2, 0) is 26.2 Å². The zero-order valence-corrected chi connectivity index (χ0v) is 20.2. The van der Waals surface area contributed by atoms with Crippen molar-refractivity contribution >= 4 is 50.6 Å². The van der Waals surface area contributed by atoms with Gasteiger partial charge in [0.05, 0.1) is 21.8 Å². The third-order valence-electron chi connectivity index (χ3n) is 4.40. The summed E-state index contributed by atoms with van der Waals surface area (Å²) in [6.07, 6.45) is 0.0843. The number of ether oxygens (including phenoxy) is 1. The molecule has 2 amide bonds. The van der Waals surface area contributed by atoms with E-state index in [4.69, 9.17) is 4.74 Å². The molecule has 3 rings (SSSR count). The number of carbonyl (C=O) groups excluding carboxylic acids is 2. The maximum Gasteiger partial charge on any atom is 0.252 e. The van der Waals surface area contributed by atoms with E-state index in [1.54, 1.807) is 0 Å². The maximum atomic E-state index is 12.5. The number of rotatable bonds is 8. The fourth-order valence-corrected chi connectivity index (χ4v) is 6.75. The molecule has 2 aromatic rings. The van der Waals surface area contributed by atoms with Crippen LogP contribution in [0.1, 0.15) is 19.4 Å². The van der Waals surface area contributed by atoms with Crippen molar-refractivity contribution in [2.75, 3.05) is 31.3 Å². The molecule has 1 aliphatic rings. The van der Waals surface area contributed by atoms with E-state index in [1.165, 1.54) is 36.8 Å². The van der Waals surface area contributed by atoms with Gasteiger partial charge in [-0.1, -0.05) is 12.1 Å². The van der Waals surface area contributed by atoms with Crippen molar-refractivity contribution in [3.63, 3.8) is 0 Å². The number of amides is 2. The van der Waals surface area contributed by atoms with Gasteiger partial charge in [-0.15, -0.1) is 23.1 Å². The molecule has 11 heteroatoms. The number of hydrogen-bond acceptors (Lipinski definition) is 7. The molecule has 0 spiro atoms. The molecule has 0 unspecified atom stereocenters. The number of nitrogens with zero attached hydrogens (tertiary/aromatic N) is 2. The second-order valence-corrected chi connectivity index (χ2v) is 12.1. The first-order valence-electron chi connectivity index (χ1n) is 9.59. The zero-order chi connectivity index (χ0) is 22.8. The summed E-state index contributed by atoms with van der Waals surface area (Å²) in [4.78, 5) is 26.3. The lowest BCUT2D eigenvalue weighted by Gasteiger charge is -2.25. The van der Waals surface area contributed by atoms with Crippen LogP contribution >= 0.6 is 23.1 Å². The van der Waals surface area contributed by atoms with Crippen LogP contribution in [0.2, 0.25) is 0 Å². The fourth-order valence-electron chi connectivity index (χ4n) is 2.81. The summed E-state index contributed by atoms with van der Waals surface area (Å²) >= 11 is 2.41. The Morgan fingerprint density at radius 3 is 2.55 bits per heavy atom. The molecular formula is C20H25N3O5S3. The molecule has 0 bridgehead atoms. The largest absolute Gasteiger partial charge is 0.491 e. The monoisotopic (exact) mass is 483 g/mol. The Kier molecular flexibility index (Phi) is 7.30. The molecule has 1 aliphatic heterocycles. The molecule has 2 heterocycles. The van der Waals surface area contributed by atoms with Gasteiger partial charge in [0.1, 0.15) is 16.5 Å². The Bertz CT molecular complexity index is 1060. The topological polar surface area (TPSA) is 96.0 Å². The first kappa shape index (κ1) is 23.6. The van der Waals surface area contributed by atoms with Crippen molar-refractivity contribution in [2.24, 2.45) is 0 Å². The third-order valence-corrected chi connectivity index (χ3v) is 9.05. The normalized spacial score (nSPS) is 14.1. The summed E-state index contributed by atoms with van der Waals surface area (Å²) in [6, 6.07) is 8.90. The van der Waals surface area contributed by atoms with Gasteiger partial charge in [-0.05, 0) is 37.6 Å². The van der Waals surface area contributed by atoms with E-state index < -0.39 is 10.0 Å². The molecule has 0 saturated heterocycles. The van der Waals surface area contributed by atoms with E-state index in [0.29, 0.717) is 16.4 Å². The van der Waals surface area contributed by atoms with Gasteiger partial charge in [0.15, 0.2) is 0 Å².